The fourth-order valence-electron chi connectivity index (χ4n) is 1.80. The molecule has 0 bridgehead atoms. The van der Waals surface area contributed by atoms with E-state index in [0.717, 1.165) is 5.56 Å². The Morgan fingerprint density at radius 1 is 1.20 bits per heavy atom. The van der Waals surface area contributed by atoms with Crippen molar-refractivity contribution in [3.63, 3.8) is 0 Å². The van der Waals surface area contributed by atoms with E-state index in [0.29, 0.717) is 15.7 Å². The Morgan fingerprint density at radius 3 is 2.55 bits per heavy atom. The van der Waals surface area contributed by atoms with Gasteiger partial charge < -0.3 is 5.11 Å². The van der Waals surface area contributed by atoms with E-state index >= 15 is 0 Å². The number of rotatable bonds is 4. The van der Waals surface area contributed by atoms with Crippen molar-refractivity contribution in [2.24, 2.45) is 0 Å². The molecule has 106 valence electrons. The Hall–Kier alpha value is -1.37. The summed E-state index contributed by atoms with van der Waals surface area (Å²) in [4.78, 5) is 0.0787. The third kappa shape index (κ3) is 3.20. The minimum absolute atomic E-state index is 0.0787. The van der Waals surface area contributed by atoms with Gasteiger partial charge in [-0.1, -0.05) is 24.3 Å². The average Bonchev–Trinajstić information content (AvgIpc) is 2.42. The molecule has 0 unspecified atom stereocenters. The number of aliphatic hydroxyl groups excluding tert-OH is 1. The Labute approximate surface area is 126 Å². The van der Waals surface area contributed by atoms with Crippen LogP contribution >= 0.6 is 15.9 Å². The maximum atomic E-state index is 12.4. The number of hydrogen-bond donors (Lipinski definition) is 2. The second kappa shape index (κ2) is 5.95. The van der Waals surface area contributed by atoms with Gasteiger partial charge in [-0.15, -0.1) is 0 Å². The molecular weight excluding hydrogens is 342 g/mol. The van der Waals surface area contributed by atoms with Crippen LogP contribution in [0.4, 0.5) is 5.69 Å². The minimum Gasteiger partial charge on any atom is -0.392 e. The molecule has 2 aromatic rings. The number of hydrogen-bond acceptors (Lipinski definition) is 3. The van der Waals surface area contributed by atoms with Gasteiger partial charge in [0, 0.05) is 4.47 Å². The van der Waals surface area contributed by atoms with Crippen LogP contribution in [0.2, 0.25) is 0 Å². The van der Waals surface area contributed by atoms with Crippen molar-refractivity contribution in [1.29, 1.82) is 0 Å². The van der Waals surface area contributed by atoms with E-state index in [1.165, 1.54) is 6.07 Å². The summed E-state index contributed by atoms with van der Waals surface area (Å²) in [6, 6.07) is 11.7. The van der Waals surface area contributed by atoms with Crippen molar-refractivity contribution >= 4 is 31.6 Å². The van der Waals surface area contributed by atoms with E-state index in [-0.39, 0.29) is 11.5 Å². The SMILES string of the molecule is Cc1ccc(NS(=O)(=O)c2ccccc2CO)c(Br)c1. The number of aliphatic hydroxyl groups is 1. The third-order valence-corrected chi connectivity index (χ3v) is 4.92. The van der Waals surface area contributed by atoms with Crippen LogP contribution in [0.25, 0.3) is 0 Å². The molecule has 4 nitrogen and oxygen atoms in total. The molecule has 0 radical (unpaired) electrons. The monoisotopic (exact) mass is 355 g/mol. The number of aryl methyl sites for hydroxylation is 1. The molecule has 0 saturated carbocycles. The summed E-state index contributed by atoms with van der Waals surface area (Å²) in [6.45, 7) is 1.59. The minimum atomic E-state index is -3.73. The number of halogens is 1. The molecule has 0 fully saturated rings. The molecule has 0 aromatic heterocycles. The summed E-state index contributed by atoms with van der Waals surface area (Å²) in [5.74, 6) is 0. The van der Waals surface area contributed by atoms with Crippen LogP contribution in [-0.2, 0) is 16.6 Å². The lowest BCUT2D eigenvalue weighted by atomic mass is 10.2. The molecular formula is C14H14BrNO3S. The normalized spacial score (nSPS) is 11.3. The predicted octanol–water partition coefficient (Wildman–Crippen LogP) is 3.05. The fourth-order valence-corrected chi connectivity index (χ4v) is 3.84. The van der Waals surface area contributed by atoms with E-state index in [1.54, 1.807) is 24.3 Å². The first-order chi connectivity index (χ1) is 9.44. The van der Waals surface area contributed by atoms with Crippen molar-refractivity contribution in [2.45, 2.75) is 18.4 Å². The lowest BCUT2D eigenvalue weighted by molar-refractivity contribution is 0.278. The molecule has 0 aliphatic heterocycles. The molecule has 0 aliphatic rings. The van der Waals surface area contributed by atoms with Crippen LogP contribution in [0.1, 0.15) is 11.1 Å². The topological polar surface area (TPSA) is 66.4 Å². The summed E-state index contributed by atoms with van der Waals surface area (Å²) < 4.78 is 27.9. The average molecular weight is 356 g/mol. The highest BCUT2D eigenvalue weighted by Crippen LogP contribution is 2.27. The third-order valence-electron chi connectivity index (χ3n) is 2.80. The summed E-state index contributed by atoms with van der Waals surface area (Å²) in [7, 11) is -3.73. The molecule has 6 heteroatoms. The molecule has 0 atom stereocenters. The Morgan fingerprint density at radius 2 is 1.90 bits per heavy atom. The van der Waals surface area contributed by atoms with Gasteiger partial charge in [-0.2, -0.15) is 0 Å². The van der Waals surface area contributed by atoms with E-state index in [4.69, 9.17) is 0 Å². The van der Waals surface area contributed by atoms with Crippen LogP contribution < -0.4 is 4.72 Å². The highest BCUT2D eigenvalue weighted by atomic mass is 79.9. The van der Waals surface area contributed by atoms with E-state index in [9.17, 15) is 13.5 Å². The second-order valence-corrected chi connectivity index (χ2v) is 6.86. The summed E-state index contributed by atoms with van der Waals surface area (Å²) in [6.07, 6.45) is 0. The quantitative estimate of drug-likeness (QED) is 0.885. The molecule has 0 heterocycles. The van der Waals surface area contributed by atoms with E-state index < -0.39 is 10.0 Å². The second-order valence-electron chi connectivity index (χ2n) is 4.35. The number of sulfonamides is 1. The zero-order valence-electron chi connectivity index (χ0n) is 10.8. The van der Waals surface area contributed by atoms with Crippen molar-refractivity contribution in [2.75, 3.05) is 4.72 Å². The number of anilines is 1. The highest BCUT2D eigenvalue weighted by molar-refractivity contribution is 9.10. The van der Waals surface area contributed by atoms with Gasteiger partial charge in [-0.3, -0.25) is 4.72 Å². The zero-order valence-corrected chi connectivity index (χ0v) is 13.2. The Kier molecular flexibility index (Phi) is 4.47. The van der Waals surface area contributed by atoms with Crippen LogP contribution in [0.3, 0.4) is 0 Å². The van der Waals surface area contributed by atoms with Crippen LogP contribution in [0, 0.1) is 6.92 Å². The first-order valence-corrected chi connectivity index (χ1v) is 8.19. The van der Waals surface area contributed by atoms with E-state index in [2.05, 4.69) is 20.7 Å². The van der Waals surface area contributed by atoms with Crippen molar-refractivity contribution < 1.29 is 13.5 Å². The standard InChI is InChI=1S/C14H14BrNO3S/c1-10-6-7-13(12(15)8-10)16-20(18,19)14-5-3-2-4-11(14)9-17/h2-8,16-17H,9H2,1H3. The lowest BCUT2D eigenvalue weighted by Crippen LogP contribution is -2.15. The summed E-state index contributed by atoms with van der Waals surface area (Å²) in [5.41, 5.74) is 1.85. The molecule has 0 aliphatic carbocycles. The van der Waals surface area contributed by atoms with Crippen LogP contribution in [0.5, 0.6) is 0 Å². The van der Waals surface area contributed by atoms with Crippen molar-refractivity contribution in [1.82, 2.24) is 0 Å². The molecule has 0 saturated heterocycles. The van der Waals surface area contributed by atoms with Gasteiger partial charge in [0.1, 0.15) is 0 Å². The van der Waals surface area contributed by atoms with Crippen molar-refractivity contribution in [3.05, 3.63) is 58.1 Å². The van der Waals surface area contributed by atoms with Gasteiger partial charge in [-0.05, 0) is 52.2 Å². The Balaban J connectivity index is 2.41. The molecule has 2 aromatic carbocycles. The smallest absolute Gasteiger partial charge is 0.262 e. The molecule has 20 heavy (non-hydrogen) atoms. The molecule has 0 amide bonds. The number of nitrogens with one attached hydrogen (secondary N) is 1. The molecule has 0 spiro atoms. The lowest BCUT2D eigenvalue weighted by Gasteiger charge is -2.12. The van der Waals surface area contributed by atoms with Crippen molar-refractivity contribution in [3.8, 4) is 0 Å². The first kappa shape index (κ1) is 15.0. The van der Waals surface area contributed by atoms with E-state index in [1.807, 2.05) is 19.1 Å². The fraction of sp³-hybridized carbons (Fsp3) is 0.143. The summed E-state index contributed by atoms with van der Waals surface area (Å²) >= 11 is 3.33. The zero-order chi connectivity index (χ0) is 14.8. The molecule has 2 N–H and O–H groups in total. The van der Waals surface area contributed by atoms with Crippen LogP contribution in [-0.4, -0.2) is 13.5 Å². The summed E-state index contributed by atoms with van der Waals surface area (Å²) in [5, 5.41) is 9.24. The van der Waals surface area contributed by atoms with Gasteiger partial charge in [0.2, 0.25) is 0 Å². The highest BCUT2D eigenvalue weighted by Gasteiger charge is 2.18. The number of benzene rings is 2. The predicted molar refractivity (Wildman–Crippen MR) is 82.1 cm³/mol. The maximum absolute atomic E-state index is 12.4. The van der Waals surface area contributed by atoms with Gasteiger partial charge in [-0.25, -0.2) is 8.42 Å². The largest absolute Gasteiger partial charge is 0.392 e. The maximum Gasteiger partial charge on any atom is 0.262 e. The van der Waals surface area contributed by atoms with Gasteiger partial charge in [0.25, 0.3) is 10.0 Å². The van der Waals surface area contributed by atoms with Gasteiger partial charge >= 0.3 is 0 Å². The Bertz CT molecular complexity index is 729. The van der Waals surface area contributed by atoms with Gasteiger partial charge in [0.05, 0.1) is 17.2 Å². The molecule has 2 rings (SSSR count). The van der Waals surface area contributed by atoms with Gasteiger partial charge in [0.15, 0.2) is 0 Å². The van der Waals surface area contributed by atoms with Crippen LogP contribution in [0.15, 0.2) is 51.8 Å². The first-order valence-electron chi connectivity index (χ1n) is 5.92.